The Morgan fingerprint density at radius 1 is 1.22 bits per heavy atom. The van der Waals surface area contributed by atoms with Gasteiger partial charge in [-0.05, 0) is 79.7 Å². The van der Waals surface area contributed by atoms with Gasteiger partial charge in [0.05, 0.1) is 16.5 Å². The average Bonchev–Trinajstić information content (AvgIpc) is 3.52. The van der Waals surface area contributed by atoms with Crippen LogP contribution in [0, 0.1) is 24.2 Å². The summed E-state index contributed by atoms with van der Waals surface area (Å²) in [7, 11) is 0. The molecule has 9 heteroatoms. The predicted octanol–water partition coefficient (Wildman–Crippen LogP) is 6.17. The van der Waals surface area contributed by atoms with E-state index in [-0.39, 0.29) is 5.92 Å². The zero-order valence-electron chi connectivity index (χ0n) is 20.7. The van der Waals surface area contributed by atoms with Gasteiger partial charge in [0.25, 0.3) is 0 Å². The smallest absolute Gasteiger partial charge is 0.307 e. The lowest BCUT2D eigenvalue weighted by Crippen LogP contribution is -2.44. The van der Waals surface area contributed by atoms with E-state index in [4.69, 9.17) is 0 Å². The summed E-state index contributed by atoms with van der Waals surface area (Å²) in [6, 6.07) is 7.60. The Kier molecular flexibility index (Phi) is 6.32. The number of anilines is 2. The molecule has 7 nitrogen and oxygen atoms in total. The Hall–Kier alpha value is -2.91. The number of hydrogen-bond donors (Lipinski definition) is 3. The second kappa shape index (κ2) is 9.19. The van der Waals surface area contributed by atoms with Crippen molar-refractivity contribution in [3.8, 4) is 10.4 Å². The lowest BCUT2D eigenvalue weighted by Gasteiger charge is -2.44. The number of rotatable bonds is 7. The number of aryl methyl sites for hydroxylation is 1. The number of aliphatic carboxylic acids is 1. The van der Waals surface area contributed by atoms with Gasteiger partial charge in [0.1, 0.15) is 16.8 Å². The summed E-state index contributed by atoms with van der Waals surface area (Å²) in [4.78, 5) is 25.8. The van der Waals surface area contributed by atoms with Crippen LogP contribution in [-0.4, -0.2) is 31.1 Å². The molecule has 0 saturated heterocycles. The summed E-state index contributed by atoms with van der Waals surface area (Å²) in [5, 5.41) is 24.8. The minimum atomic E-state index is -1.15. The summed E-state index contributed by atoms with van der Waals surface area (Å²) in [5.41, 5.74) is 1.44. The first-order valence-electron chi connectivity index (χ1n) is 12.3. The summed E-state index contributed by atoms with van der Waals surface area (Å²) >= 11 is 1.42. The average molecular weight is 511 g/mol. The maximum Gasteiger partial charge on any atom is 0.307 e. The van der Waals surface area contributed by atoms with Crippen LogP contribution >= 0.6 is 11.3 Å². The molecule has 0 radical (unpaired) electrons. The van der Waals surface area contributed by atoms with E-state index < -0.39 is 29.1 Å². The van der Waals surface area contributed by atoms with Gasteiger partial charge in [0, 0.05) is 18.1 Å². The highest BCUT2D eigenvalue weighted by molar-refractivity contribution is 7.15. The maximum atomic E-state index is 14.5. The molecule has 0 unspecified atom stereocenters. The monoisotopic (exact) mass is 510 g/mol. The van der Waals surface area contributed by atoms with Gasteiger partial charge in [0.2, 0.25) is 5.95 Å². The molecule has 36 heavy (non-hydrogen) atoms. The molecule has 2 heterocycles. The molecule has 1 aromatic carbocycles. The molecule has 5 rings (SSSR count). The van der Waals surface area contributed by atoms with Gasteiger partial charge in [-0.1, -0.05) is 19.9 Å². The van der Waals surface area contributed by atoms with E-state index in [2.05, 4.69) is 20.3 Å². The van der Waals surface area contributed by atoms with E-state index in [0.717, 1.165) is 34.5 Å². The Labute approximate surface area is 213 Å². The first-order chi connectivity index (χ1) is 17.0. The third-order valence-corrected chi connectivity index (χ3v) is 8.59. The summed E-state index contributed by atoms with van der Waals surface area (Å²) in [5.74, 6) is -0.881. The van der Waals surface area contributed by atoms with Crippen molar-refractivity contribution in [1.29, 1.82) is 0 Å². The van der Waals surface area contributed by atoms with E-state index in [9.17, 15) is 19.4 Å². The Morgan fingerprint density at radius 3 is 2.69 bits per heavy atom. The van der Waals surface area contributed by atoms with Gasteiger partial charge in [-0.3, -0.25) is 4.79 Å². The van der Waals surface area contributed by atoms with Crippen LogP contribution in [0.25, 0.3) is 10.4 Å². The molecule has 3 N–H and O–H groups in total. The van der Waals surface area contributed by atoms with Gasteiger partial charge >= 0.3 is 5.97 Å². The molecule has 0 amide bonds. The number of carbonyl (C=O) groups is 1. The highest BCUT2D eigenvalue weighted by Gasteiger charge is 2.49. The SMILES string of the molecule is Cc1cc(Nc2nccc([C@@H](F)C3CC3)n2)cc(-c2cnc([C@@]3(O)CC[C@H](C(=O)O)C(C)(C)C3)s2)c1. The Morgan fingerprint density at radius 2 is 2.00 bits per heavy atom. The number of aromatic nitrogens is 3. The predicted molar refractivity (Wildman–Crippen MR) is 137 cm³/mol. The van der Waals surface area contributed by atoms with Crippen LogP contribution in [0.3, 0.4) is 0 Å². The Bertz CT molecular complexity index is 1290. The highest BCUT2D eigenvalue weighted by atomic mass is 32.1. The second-order valence-corrected chi connectivity index (χ2v) is 11.9. The van der Waals surface area contributed by atoms with Crippen molar-refractivity contribution < 1.29 is 19.4 Å². The van der Waals surface area contributed by atoms with Gasteiger partial charge < -0.3 is 15.5 Å². The summed E-state index contributed by atoms with van der Waals surface area (Å²) in [6.45, 7) is 5.79. The van der Waals surface area contributed by atoms with Crippen LogP contribution in [0.1, 0.15) is 68.4 Å². The molecule has 190 valence electrons. The number of nitrogens with zero attached hydrogens (tertiary/aromatic N) is 3. The van der Waals surface area contributed by atoms with Crippen LogP contribution in [-0.2, 0) is 10.4 Å². The fraction of sp³-hybridized carbons (Fsp3) is 0.481. The number of carboxylic acid groups (broad SMARTS) is 1. The standard InChI is InChI=1S/C27H31FN4O3S/c1-15-10-17(12-18(11-15)31-25-29-9-7-20(32-25)22(28)16-4-5-16)21-13-30-24(36-21)27(35)8-6-19(23(33)34)26(2,3)14-27/h7,9-13,16,19,22,35H,4-6,8,14H2,1-3H3,(H,33,34)(H,29,31,32)/t19-,22+,27-/m1/s1. The van der Waals surface area contributed by atoms with Gasteiger partial charge in [-0.15, -0.1) is 11.3 Å². The number of halogens is 1. The van der Waals surface area contributed by atoms with Crippen LogP contribution in [0.4, 0.5) is 16.0 Å². The van der Waals surface area contributed by atoms with E-state index in [1.54, 1.807) is 18.5 Å². The van der Waals surface area contributed by atoms with Crippen molar-refractivity contribution >= 4 is 28.9 Å². The molecule has 0 bridgehead atoms. The largest absolute Gasteiger partial charge is 0.481 e. The van der Waals surface area contributed by atoms with E-state index in [1.807, 2.05) is 39.0 Å². The van der Waals surface area contributed by atoms with Gasteiger partial charge in [-0.25, -0.2) is 19.3 Å². The van der Waals surface area contributed by atoms with Crippen LogP contribution < -0.4 is 5.32 Å². The van der Waals surface area contributed by atoms with Crippen molar-refractivity contribution in [2.24, 2.45) is 17.3 Å². The van der Waals surface area contributed by atoms with Crippen LogP contribution in [0.2, 0.25) is 0 Å². The molecular formula is C27H31FN4O3S. The molecule has 3 atom stereocenters. The number of hydrogen-bond acceptors (Lipinski definition) is 7. The van der Waals surface area contributed by atoms with Crippen molar-refractivity contribution in [3.63, 3.8) is 0 Å². The van der Waals surface area contributed by atoms with Crippen LogP contribution in [0.15, 0.2) is 36.7 Å². The molecule has 2 aromatic heterocycles. The fourth-order valence-corrected chi connectivity index (χ4v) is 6.36. The third-order valence-electron chi connectivity index (χ3n) is 7.35. The van der Waals surface area contributed by atoms with Crippen molar-refractivity contribution in [2.45, 2.75) is 64.6 Å². The van der Waals surface area contributed by atoms with E-state index in [0.29, 0.717) is 35.9 Å². The molecule has 3 aromatic rings. The van der Waals surface area contributed by atoms with Crippen molar-refractivity contribution in [2.75, 3.05) is 5.32 Å². The molecule has 2 aliphatic carbocycles. The summed E-state index contributed by atoms with van der Waals surface area (Å²) in [6.07, 6.45) is 5.20. The minimum Gasteiger partial charge on any atom is -0.481 e. The second-order valence-electron chi connectivity index (χ2n) is 10.9. The number of carboxylic acids is 1. The first-order valence-corrected chi connectivity index (χ1v) is 13.1. The summed E-state index contributed by atoms with van der Waals surface area (Å²) < 4.78 is 14.5. The zero-order chi connectivity index (χ0) is 25.7. The van der Waals surface area contributed by atoms with E-state index >= 15 is 0 Å². The van der Waals surface area contributed by atoms with Crippen molar-refractivity contribution in [3.05, 3.63) is 52.9 Å². The lowest BCUT2D eigenvalue weighted by atomic mass is 9.63. The fourth-order valence-electron chi connectivity index (χ4n) is 5.35. The highest BCUT2D eigenvalue weighted by Crippen LogP contribution is 2.51. The molecule has 0 spiro atoms. The number of benzene rings is 1. The first kappa shape index (κ1) is 24.8. The number of thiazole rings is 1. The maximum absolute atomic E-state index is 14.5. The lowest BCUT2D eigenvalue weighted by molar-refractivity contribution is -0.154. The van der Waals surface area contributed by atoms with E-state index in [1.165, 1.54) is 11.3 Å². The zero-order valence-corrected chi connectivity index (χ0v) is 21.5. The van der Waals surface area contributed by atoms with Crippen molar-refractivity contribution in [1.82, 2.24) is 15.0 Å². The number of nitrogens with one attached hydrogen (secondary N) is 1. The number of alkyl halides is 1. The minimum absolute atomic E-state index is 0.0680. The molecule has 2 saturated carbocycles. The molecule has 2 fully saturated rings. The normalized spacial score (nSPS) is 24.3. The van der Waals surface area contributed by atoms with Gasteiger partial charge in [-0.2, -0.15) is 0 Å². The number of aliphatic hydroxyl groups is 1. The Balaban J connectivity index is 1.37. The molecule has 0 aliphatic heterocycles. The molecular weight excluding hydrogens is 479 g/mol. The quantitative estimate of drug-likeness (QED) is 0.349. The topological polar surface area (TPSA) is 108 Å². The molecule has 2 aliphatic rings. The third kappa shape index (κ3) is 4.99. The van der Waals surface area contributed by atoms with Crippen LogP contribution in [0.5, 0.6) is 0 Å². The van der Waals surface area contributed by atoms with Gasteiger partial charge in [0.15, 0.2) is 0 Å².